The minimum atomic E-state index is -0.166. The lowest BCUT2D eigenvalue weighted by molar-refractivity contribution is -0.123. The second-order valence-corrected chi connectivity index (χ2v) is 7.60. The molecular weight excluding hydrogens is 366 g/mol. The molecule has 0 fully saturated rings. The molecule has 0 aliphatic rings. The van der Waals surface area contributed by atoms with Crippen LogP contribution in [0.3, 0.4) is 0 Å². The standard InChI is InChI=1S/C23H27N3O3/c1-15(2)18-7-5-17(6-8-18)13-24-21(27)14-28-20-11-9-19(10-12-20)23-25-22(16(3)4)26-29-23/h5-12,15-16H,13-14H2,1-4H3,(H,24,27). The van der Waals surface area contributed by atoms with Crippen molar-refractivity contribution >= 4 is 5.91 Å². The Morgan fingerprint density at radius 2 is 1.69 bits per heavy atom. The van der Waals surface area contributed by atoms with Crippen LogP contribution in [0.25, 0.3) is 11.5 Å². The third-order valence-electron chi connectivity index (χ3n) is 4.57. The summed E-state index contributed by atoms with van der Waals surface area (Å²) >= 11 is 0. The fourth-order valence-electron chi connectivity index (χ4n) is 2.70. The number of amides is 1. The lowest BCUT2D eigenvalue weighted by atomic mass is 10.0. The van der Waals surface area contributed by atoms with Crippen molar-refractivity contribution in [2.24, 2.45) is 0 Å². The maximum absolute atomic E-state index is 12.1. The zero-order chi connectivity index (χ0) is 20.8. The number of nitrogens with zero attached hydrogens (tertiary/aromatic N) is 2. The van der Waals surface area contributed by atoms with Crippen molar-refractivity contribution in [3.63, 3.8) is 0 Å². The molecule has 0 saturated heterocycles. The van der Waals surface area contributed by atoms with Crippen molar-refractivity contribution in [1.82, 2.24) is 15.5 Å². The van der Waals surface area contributed by atoms with Gasteiger partial charge in [0.1, 0.15) is 5.75 Å². The highest BCUT2D eigenvalue weighted by Gasteiger charge is 2.11. The van der Waals surface area contributed by atoms with Gasteiger partial charge in [0.05, 0.1) is 0 Å². The van der Waals surface area contributed by atoms with Gasteiger partial charge in [0.25, 0.3) is 11.8 Å². The van der Waals surface area contributed by atoms with E-state index in [4.69, 9.17) is 9.26 Å². The molecule has 6 nitrogen and oxygen atoms in total. The van der Waals surface area contributed by atoms with Crippen molar-refractivity contribution in [2.45, 2.75) is 46.1 Å². The van der Waals surface area contributed by atoms with Gasteiger partial charge < -0.3 is 14.6 Å². The molecule has 0 saturated carbocycles. The minimum Gasteiger partial charge on any atom is -0.484 e. The molecule has 0 aliphatic carbocycles. The number of benzene rings is 2. The summed E-state index contributed by atoms with van der Waals surface area (Å²) in [5, 5.41) is 6.83. The summed E-state index contributed by atoms with van der Waals surface area (Å²) in [5.41, 5.74) is 3.16. The Kier molecular flexibility index (Phi) is 6.65. The van der Waals surface area contributed by atoms with E-state index >= 15 is 0 Å². The molecule has 3 aromatic rings. The predicted molar refractivity (Wildman–Crippen MR) is 112 cm³/mol. The Balaban J connectivity index is 1.47. The van der Waals surface area contributed by atoms with Crippen LogP contribution >= 0.6 is 0 Å². The van der Waals surface area contributed by atoms with Gasteiger partial charge in [-0.05, 0) is 41.3 Å². The van der Waals surface area contributed by atoms with Gasteiger partial charge in [-0.1, -0.05) is 57.1 Å². The molecule has 0 atom stereocenters. The van der Waals surface area contributed by atoms with Gasteiger partial charge in [-0.15, -0.1) is 0 Å². The van der Waals surface area contributed by atoms with Crippen LogP contribution < -0.4 is 10.1 Å². The SMILES string of the molecule is CC(C)c1ccc(CNC(=O)COc2ccc(-c3nc(C(C)C)no3)cc2)cc1. The molecule has 0 unspecified atom stereocenters. The van der Waals surface area contributed by atoms with Crippen LogP contribution in [0.4, 0.5) is 0 Å². The third-order valence-corrected chi connectivity index (χ3v) is 4.57. The number of nitrogens with one attached hydrogen (secondary N) is 1. The third kappa shape index (κ3) is 5.67. The van der Waals surface area contributed by atoms with Gasteiger partial charge in [-0.3, -0.25) is 4.79 Å². The maximum atomic E-state index is 12.1. The molecule has 6 heteroatoms. The maximum Gasteiger partial charge on any atom is 0.258 e. The highest BCUT2D eigenvalue weighted by molar-refractivity contribution is 5.77. The largest absolute Gasteiger partial charge is 0.484 e. The van der Waals surface area contributed by atoms with Gasteiger partial charge in [-0.2, -0.15) is 4.98 Å². The van der Waals surface area contributed by atoms with Crippen molar-refractivity contribution < 1.29 is 14.1 Å². The quantitative estimate of drug-likeness (QED) is 0.601. The summed E-state index contributed by atoms with van der Waals surface area (Å²) in [6.07, 6.45) is 0. The van der Waals surface area contributed by atoms with E-state index in [2.05, 4.69) is 41.4 Å². The Morgan fingerprint density at radius 3 is 2.28 bits per heavy atom. The predicted octanol–water partition coefficient (Wildman–Crippen LogP) is 4.68. The molecule has 0 aliphatic heterocycles. The molecule has 0 spiro atoms. The molecule has 1 heterocycles. The molecule has 2 aromatic carbocycles. The summed E-state index contributed by atoms with van der Waals surface area (Å²) in [6, 6.07) is 15.5. The van der Waals surface area contributed by atoms with Gasteiger partial charge in [0.15, 0.2) is 12.4 Å². The minimum absolute atomic E-state index is 0.0402. The fourth-order valence-corrected chi connectivity index (χ4v) is 2.70. The van der Waals surface area contributed by atoms with Crippen LogP contribution in [0, 0.1) is 0 Å². The highest BCUT2D eigenvalue weighted by atomic mass is 16.5. The lowest BCUT2D eigenvalue weighted by Crippen LogP contribution is -2.28. The van der Waals surface area contributed by atoms with Gasteiger partial charge in [-0.25, -0.2) is 0 Å². The average molecular weight is 393 g/mol. The smallest absolute Gasteiger partial charge is 0.258 e. The van der Waals surface area contributed by atoms with Crippen molar-refractivity contribution in [1.29, 1.82) is 0 Å². The van der Waals surface area contributed by atoms with E-state index in [1.165, 1.54) is 5.56 Å². The van der Waals surface area contributed by atoms with Crippen LogP contribution in [0.2, 0.25) is 0 Å². The fraction of sp³-hybridized carbons (Fsp3) is 0.348. The molecule has 1 N–H and O–H groups in total. The zero-order valence-electron chi connectivity index (χ0n) is 17.3. The number of rotatable bonds is 8. The number of aromatic nitrogens is 2. The van der Waals surface area contributed by atoms with Crippen molar-refractivity contribution in [3.8, 4) is 17.2 Å². The molecule has 1 amide bonds. The zero-order valence-corrected chi connectivity index (χ0v) is 17.3. The Morgan fingerprint density at radius 1 is 1.00 bits per heavy atom. The number of hydrogen-bond acceptors (Lipinski definition) is 5. The van der Waals surface area contributed by atoms with Gasteiger partial charge >= 0.3 is 0 Å². The molecule has 0 radical (unpaired) electrons. The number of carbonyl (C=O) groups is 1. The normalized spacial score (nSPS) is 11.1. The van der Waals surface area contributed by atoms with E-state index in [-0.39, 0.29) is 18.4 Å². The van der Waals surface area contributed by atoms with Crippen molar-refractivity contribution in [3.05, 3.63) is 65.5 Å². The summed E-state index contributed by atoms with van der Waals surface area (Å²) in [4.78, 5) is 16.4. The Hall–Kier alpha value is -3.15. The summed E-state index contributed by atoms with van der Waals surface area (Å²) in [7, 11) is 0. The molecule has 152 valence electrons. The molecule has 0 bridgehead atoms. The van der Waals surface area contributed by atoms with E-state index in [9.17, 15) is 4.79 Å². The van der Waals surface area contributed by atoms with E-state index in [0.717, 1.165) is 11.1 Å². The number of ether oxygens (including phenoxy) is 1. The van der Waals surface area contributed by atoms with E-state index in [1.807, 2.05) is 38.1 Å². The summed E-state index contributed by atoms with van der Waals surface area (Å²) in [5.74, 6) is 2.30. The summed E-state index contributed by atoms with van der Waals surface area (Å²) < 4.78 is 10.8. The number of hydrogen-bond donors (Lipinski definition) is 1. The Bertz CT molecular complexity index is 929. The molecule has 29 heavy (non-hydrogen) atoms. The van der Waals surface area contributed by atoms with E-state index in [0.29, 0.717) is 29.9 Å². The van der Waals surface area contributed by atoms with Crippen LogP contribution in [-0.2, 0) is 11.3 Å². The van der Waals surface area contributed by atoms with Gasteiger partial charge in [0, 0.05) is 18.0 Å². The Labute approximate surface area is 171 Å². The highest BCUT2D eigenvalue weighted by Crippen LogP contribution is 2.22. The van der Waals surface area contributed by atoms with Crippen molar-refractivity contribution in [2.75, 3.05) is 6.61 Å². The monoisotopic (exact) mass is 393 g/mol. The van der Waals surface area contributed by atoms with Crippen LogP contribution in [-0.4, -0.2) is 22.7 Å². The average Bonchev–Trinajstić information content (AvgIpc) is 3.22. The molecular formula is C23H27N3O3. The van der Waals surface area contributed by atoms with Crippen LogP contribution in [0.15, 0.2) is 53.1 Å². The first-order valence-corrected chi connectivity index (χ1v) is 9.84. The van der Waals surface area contributed by atoms with Gasteiger partial charge in [0.2, 0.25) is 0 Å². The topological polar surface area (TPSA) is 77.2 Å². The summed E-state index contributed by atoms with van der Waals surface area (Å²) in [6.45, 7) is 8.78. The van der Waals surface area contributed by atoms with E-state index < -0.39 is 0 Å². The second kappa shape index (κ2) is 9.37. The second-order valence-electron chi connectivity index (χ2n) is 7.60. The first-order chi connectivity index (χ1) is 13.9. The lowest BCUT2D eigenvalue weighted by Gasteiger charge is -2.09. The molecule has 3 rings (SSSR count). The van der Waals surface area contributed by atoms with Crippen LogP contribution in [0.5, 0.6) is 5.75 Å². The first-order valence-electron chi connectivity index (χ1n) is 9.84. The molecule has 1 aromatic heterocycles. The van der Waals surface area contributed by atoms with E-state index in [1.54, 1.807) is 12.1 Å². The first kappa shape index (κ1) is 20.6. The number of carbonyl (C=O) groups excluding carboxylic acids is 1. The van der Waals surface area contributed by atoms with Crippen LogP contribution in [0.1, 0.15) is 56.5 Å².